The Morgan fingerprint density at radius 2 is 2.03 bits per heavy atom. The molecule has 1 aliphatic carbocycles. The fourth-order valence-electron chi connectivity index (χ4n) is 4.29. The van der Waals surface area contributed by atoms with Crippen LogP contribution in [-0.4, -0.2) is 23.5 Å². The van der Waals surface area contributed by atoms with Crippen molar-refractivity contribution in [2.75, 3.05) is 11.9 Å². The largest absolute Gasteiger partial charge is 0.322 e. The molecule has 3 atom stereocenters. The quantitative estimate of drug-likeness (QED) is 0.352. The van der Waals surface area contributed by atoms with E-state index in [9.17, 15) is 9.18 Å². The molecule has 1 aliphatic heterocycles. The molecule has 160 valence electrons. The van der Waals surface area contributed by atoms with E-state index in [2.05, 4.69) is 48.9 Å². The highest BCUT2D eigenvalue weighted by atomic mass is 127. The number of pyridine rings is 1. The number of nitrogens with one attached hydrogen (secondary N) is 3. The van der Waals surface area contributed by atoms with Crippen molar-refractivity contribution in [3.8, 4) is 0 Å². The summed E-state index contributed by atoms with van der Waals surface area (Å²) < 4.78 is 18.1. The third kappa shape index (κ3) is 4.68. The van der Waals surface area contributed by atoms with E-state index in [0.717, 1.165) is 42.9 Å². The number of hydrogen-bond acceptors (Lipinski definition) is 4. The number of hydrogen-bond donors (Lipinski definition) is 3. The highest BCUT2D eigenvalue weighted by molar-refractivity contribution is 14.1. The second-order valence-corrected chi connectivity index (χ2v) is 9.24. The lowest BCUT2D eigenvalue weighted by Crippen LogP contribution is -2.38. The van der Waals surface area contributed by atoms with E-state index in [1.54, 1.807) is 18.5 Å². The molecule has 30 heavy (non-hydrogen) atoms. The van der Waals surface area contributed by atoms with Gasteiger partial charge in [-0.2, -0.15) is 0 Å². The summed E-state index contributed by atoms with van der Waals surface area (Å²) in [6.07, 6.45) is 8.90. The number of halogens is 2. The van der Waals surface area contributed by atoms with E-state index < -0.39 is 11.4 Å². The first-order valence-corrected chi connectivity index (χ1v) is 11.7. The first-order chi connectivity index (χ1) is 14.5. The highest BCUT2D eigenvalue weighted by Gasteiger charge is 2.36. The molecule has 3 N–H and O–H groups in total. The fourth-order valence-corrected chi connectivity index (χ4v) is 5.19. The van der Waals surface area contributed by atoms with Crippen molar-refractivity contribution in [3.63, 3.8) is 0 Å². The zero-order chi connectivity index (χ0) is 21.1. The van der Waals surface area contributed by atoms with Crippen molar-refractivity contribution >= 4 is 34.5 Å². The molecule has 4 rings (SSSR count). The lowest BCUT2D eigenvalue weighted by atomic mass is 9.79. The van der Waals surface area contributed by atoms with Crippen molar-refractivity contribution in [3.05, 3.63) is 59.7 Å². The first-order valence-electron chi connectivity index (χ1n) is 10.6. The first kappa shape index (κ1) is 21.6. The van der Waals surface area contributed by atoms with Gasteiger partial charge in [-0.25, -0.2) is 7.92 Å². The molecule has 2 aliphatic rings. The molecule has 1 amide bonds. The average molecular weight is 522 g/mol. The van der Waals surface area contributed by atoms with Gasteiger partial charge in [0.2, 0.25) is 5.91 Å². The minimum atomic E-state index is -0.473. The van der Waals surface area contributed by atoms with E-state index in [1.165, 1.54) is 18.9 Å². The zero-order valence-electron chi connectivity index (χ0n) is 17.1. The second kappa shape index (κ2) is 9.28. The van der Waals surface area contributed by atoms with Crippen molar-refractivity contribution in [1.82, 2.24) is 13.8 Å². The predicted octanol–water partition coefficient (Wildman–Crippen LogP) is 4.53. The molecule has 1 saturated carbocycles. The predicted molar refractivity (Wildman–Crippen MR) is 125 cm³/mol. The Hall–Kier alpha value is -1.58. The van der Waals surface area contributed by atoms with Crippen LogP contribution in [0, 0.1) is 17.7 Å². The highest BCUT2D eigenvalue weighted by Crippen LogP contribution is 2.42. The Balaban J connectivity index is 1.65. The topological polar surface area (TPSA) is 66.1 Å². The molecule has 7 heteroatoms. The maximum Gasteiger partial charge on any atom is 0.241 e. The molecule has 2 aromatic rings. The molecule has 0 bridgehead atoms. The standard InChI is InChI=1S/C23H28FIN4O/c1-15-12-21(27-14-15)22(30)28-20-13-18(4-5-19(20)24)23(29-25,9-6-16-2-3-16)17-7-10-26-11-8-17/h4-5,7-8,10-11,13,15-16,21,27,29H,2-3,6,9,12,14H2,1H3,(H,28,30)/t15-,21-,23?/m1/s1. The van der Waals surface area contributed by atoms with Gasteiger partial charge in [0, 0.05) is 35.3 Å². The number of aromatic nitrogens is 1. The molecule has 2 heterocycles. The van der Waals surface area contributed by atoms with Crippen LogP contribution in [0.4, 0.5) is 10.1 Å². The third-order valence-corrected chi connectivity index (χ3v) is 7.26. The smallest absolute Gasteiger partial charge is 0.241 e. The van der Waals surface area contributed by atoms with Gasteiger partial charge in [-0.05, 0) is 73.0 Å². The van der Waals surface area contributed by atoms with Crippen molar-refractivity contribution in [2.24, 2.45) is 11.8 Å². The van der Waals surface area contributed by atoms with Crippen molar-refractivity contribution in [1.29, 1.82) is 0 Å². The van der Waals surface area contributed by atoms with Crippen LogP contribution in [0.15, 0.2) is 42.7 Å². The summed E-state index contributed by atoms with van der Waals surface area (Å²) >= 11 is 2.19. The third-order valence-electron chi connectivity index (χ3n) is 6.34. The molecule has 0 spiro atoms. The van der Waals surface area contributed by atoms with Crippen LogP contribution in [0.5, 0.6) is 0 Å². The summed E-state index contributed by atoms with van der Waals surface area (Å²) in [4.78, 5) is 16.8. The van der Waals surface area contributed by atoms with E-state index in [1.807, 2.05) is 18.2 Å². The van der Waals surface area contributed by atoms with Gasteiger partial charge in [0.15, 0.2) is 0 Å². The summed E-state index contributed by atoms with van der Waals surface area (Å²) in [6, 6.07) is 8.79. The van der Waals surface area contributed by atoms with Gasteiger partial charge in [0.1, 0.15) is 5.82 Å². The number of benzene rings is 1. The molecule has 1 aromatic heterocycles. The summed E-state index contributed by atoms with van der Waals surface area (Å²) in [5.74, 6) is 0.621. The SMILES string of the molecule is C[C@H]1CN[C@@H](C(=O)Nc2cc(C(CCC3CC3)(NI)c3ccncc3)ccc2F)C1. The van der Waals surface area contributed by atoms with Gasteiger partial charge >= 0.3 is 0 Å². The number of amides is 1. The van der Waals surface area contributed by atoms with Crippen molar-refractivity contribution < 1.29 is 9.18 Å². The van der Waals surface area contributed by atoms with Gasteiger partial charge in [0.05, 0.1) is 17.3 Å². The van der Waals surface area contributed by atoms with Gasteiger partial charge in [0.25, 0.3) is 0 Å². The lowest BCUT2D eigenvalue weighted by molar-refractivity contribution is -0.117. The van der Waals surface area contributed by atoms with Crippen LogP contribution in [0.25, 0.3) is 0 Å². The molecular weight excluding hydrogens is 494 g/mol. The molecule has 1 aromatic carbocycles. The molecule has 1 unspecified atom stereocenters. The maximum atomic E-state index is 14.6. The van der Waals surface area contributed by atoms with Crippen LogP contribution in [0.3, 0.4) is 0 Å². The average Bonchev–Trinajstić information content (AvgIpc) is 3.49. The van der Waals surface area contributed by atoms with Gasteiger partial charge in [-0.1, -0.05) is 25.8 Å². The van der Waals surface area contributed by atoms with Gasteiger partial charge in [-0.3, -0.25) is 9.78 Å². The zero-order valence-corrected chi connectivity index (χ0v) is 19.3. The van der Waals surface area contributed by atoms with Crippen molar-refractivity contribution in [2.45, 2.75) is 50.6 Å². The van der Waals surface area contributed by atoms with Crippen LogP contribution in [-0.2, 0) is 10.3 Å². The normalized spacial score (nSPS) is 23.2. The Morgan fingerprint density at radius 1 is 1.27 bits per heavy atom. The molecule has 5 nitrogen and oxygen atoms in total. The molecule has 0 radical (unpaired) electrons. The Kier molecular flexibility index (Phi) is 6.69. The van der Waals surface area contributed by atoms with Crippen LogP contribution in [0.2, 0.25) is 0 Å². The molecule has 1 saturated heterocycles. The van der Waals surface area contributed by atoms with Gasteiger partial charge in [-0.15, -0.1) is 0 Å². The Bertz CT molecular complexity index is 892. The summed E-state index contributed by atoms with van der Waals surface area (Å²) in [6.45, 7) is 2.92. The molecule has 2 fully saturated rings. The fraction of sp³-hybridized carbons (Fsp3) is 0.478. The second-order valence-electron chi connectivity index (χ2n) is 8.70. The number of carbonyl (C=O) groups is 1. The van der Waals surface area contributed by atoms with Crippen LogP contribution < -0.4 is 14.2 Å². The number of rotatable bonds is 8. The molecular formula is C23H28FIN4O. The number of anilines is 1. The lowest BCUT2D eigenvalue weighted by Gasteiger charge is -2.34. The summed E-state index contributed by atoms with van der Waals surface area (Å²) in [5, 5.41) is 6.03. The number of nitrogens with zero attached hydrogens (tertiary/aromatic N) is 1. The minimum Gasteiger partial charge on any atom is -0.322 e. The monoisotopic (exact) mass is 522 g/mol. The Labute approximate surface area is 191 Å². The summed E-state index contributed by atoms with van der Waals surface area (Å²) in [5.41, 5.74) is 1.78. The van der Waals surface area contributed by atoms with E-state index >= 15 is 0 Å². The van der Waals surface area contributed by atoms with E-state index in [0.29, 0.717) is 5.92 Å². The summed E-state index contributed by atoms with van der Waals surface area (Å²) in [7, 11) is 0. The minimum absolute atomic E-state index is 0.176. The number of carbonyl (C=O) groups excluding carboxylic acids is 1. The van der Waals surface area contributed by atoms with E-state index in [-0.39, 0.29) is 17.6 Å². The Morgan fingerprint density at radius 3 is 2.67 bits per heavy atom. The van der Waals surface area contributed by atoms with E-state index in [4.69, 9.17) is 0 Å². The maximum absolute atomic E-state index is 14.6. The van der Waals surface area contributed by atoms with Crippen LogP contribution in [0.1, 0.15) is 50.2 Å². The van der Waals surface area contributed by atoms with Crippen LogP contribution >= 0.6 is 22.9 Å². The van der Waals surface area contributed by atoms with Gasteiger partial charge < -0.3 is 10.6 Å².